The van der Waals surface area contributed by atoms with E-state index in [9.17, 15) is 21.6 Å². The molecule has 0 spiro atoms. The fourth-order valence-electron chi connectivity index (χ4n) is 0.608. The average molecular weight is 268 g/mol. The largest absolute Gasteiger partial charge is 0.523 e. The molecule has 0 unspecified atom stereocenters. The summed E-state index contributed by atoms with van der Waals surface area (Å²) in [6, 6.07) is 0. The minimum Gasteiger partial charge on any atom is -0.262 e. The minimum absolute atomic E-state index is 0.129. The van der Waals surface area contributed by atoms with E-state index >= 15 is 0 Å². The second kappa shape index (κ2) is 7.21. The smallest absolute Gasteiger partial charge is 0.262 e. The molecule has 0 bridgehead atoms. The first-order valence-corrected chi connectivity index (χ1v) is 6.13. The molecule has 0 heterocycles. The van der Waals surface area contributed by atoms with Crippen LogP contribution >= 0.6 is 0 Å². The maximum Gasteiger partial charge on any atom is 0.523 e. The molecular weight excluding hydrogens is 257 g/mol. The van der Waals surface area contributed by atoms with Crippen LogP contribution in [0.15, 0.2) is 0 Å². The van der Waals surface area contributed by atoms with E-state index in [0.717, 1.165) is 6.42 Å². The molecule has 0 aromatic rings. The van der Waals surface area contributed by atoms with Crippen LogP contribution in [0.5, 0.6) is 0 Å². The SMILES string of the molecule is CCCC#CC#CCCOS(=O)(=O)C(F)(F)F. The van der Waals surface area contributed by atoms with Gasteiger partial charge in [0.25, 0.3) is 0 Å². The Bertz CT molecular complexity index is 443. The summed E-state index contributed by atoms with van der Waals surface area (Å²) < 4.78 is 59.9. The summed E-state index contributed by atoms with van der Waals surface area (Å²) in [5.41, 5.74) is -5.39. The molecule has 0 saturated carbocycles. The van der Waals surface area contributed by atoms with Crippen LogP contribution in [0.1, 0.15) is 26.2 Å². The zero-order chi connectivity index (χ0) is 13.4. The first-order valence-electron chi connectivity index (χ1n) is 4.72. The monoisotopic (exact) mass is 268 g/mol. The highest BCUT2D eigenvalue weighted by Crippen LogP contribution is 2.24. The van der Waals surface area contributed by atoms with Crippen molar-refractivity contribution >= 4 is 10.1 Å². The molecule has 0 rings (SSSR count). The third kappa shape index (κ3) is 6.88. The molecule has 0 fully saturated rings. The molecule has 0 atom stereocenters. The standard InChI is InChI=1S/C10H11F3O3S/c1-2-3-4-5-6-7-8-9-16-17(14,15)10(11,12)13/h2-3,8-9H2,1H3. The number of rotatable bonds is 4. The molecule has 17 heavy (non-hydrogen) atoms. The second-order valence-electron chi connectivity index (χ2n) is 2.83. The van der Waals surface area contributed by atoms with Crippen molar-refractivity contribution in [1.82, 2.24) is 0 Å². The highest BCUT2D eigenvalue weighted by Gasteiger charge is 2.47. The van der Waals surface area contributed by atoms with Crippen LogP contribution in [-0.4, -0.2) is 20.5 Å². The highest BCUT2D eigenvalue weighted by atomic mass is 32.2. The fourth-order valence-corrected chi connectivity index (χ4v) is 1.04. The summed E-state index contributed by atoms with van der Waals surface area (Å²) in [7, 11) is -5.50. The van der Waals surface area contributed by atoms with Crippen molar-refractivity contribution in [1.29, 1.82) is 0 Å². The van der Waals surface area contributed by atoms with Gasteiger partial charge in [0.05, 0.1) is 6.61 Å². The third-order valence-corrected chi connectivity index (χ3v) is 2.41. The molecule has 0 aromatic heterocycles. The first-order chi connectivity index (χ1) is 7.81. The first kappa shape index (κ1) is 15.8. The normalized spacial score (nSPS) is 11.1. The Labute approximate surface area is 98.5 Å². The van der Waals surface area contributed by atoms with E-state index in [1.54, 1.807) is 0 Å². The van der Waals surface area contributed by atoms with Crippen molar-refractivity contribution in [3.63, 3.8) is 0 Å². The van der Waals surface area contributed by atoms with Gasteiger partial charge in [-0.2, -0.15) is 21.6 Å². The Balaban J connectivity index is 4.00. The minimum atomic E-state index is -5.50. The van der Waals surface area contributed by atoms with Gasteiger partial charge in [-0.1, -0.05) is 18.8 Å². The predicted octanol–water partition coefficient (Wildman–Crippen LogP) is 2.05. The van der Waals surface area contributed by atoms with Crippen molar-refractivity contribution in [3.05, 3.63) is 0 Å². The van der Waals surface area contributed by atoms with Crippen LogP contribution in [0.25, 0.3) is 0 Å². The molecule has 0 aliphatic heterocycles. The molecule has 0 amide bonds. The summed E-state index contributed by atoms with van der Waals surface area (Å²) >= 11 is 0. The third-order valence-electron chi connectivity index (χ3n) is 1.36. The quantitative estimate of drug-likeness (QED) is 0.339. The van der Waals surface area contributed by atoms with E-state index in [2.05, 4.69) is 27.9 Å². The molecule has 7 heteroatoms. The lowest BCUT2D eigenvalue weighted by atomic mass is 10.3. The van der Waals surface area contributed by atoms with Gasteiger partial charge in [0.1, 0.15) is 0 Å². The Morgan fingerprint density at radius 3 is 2.12 bits per heavy atom. The van der Waals surface area contributed by atoms with Crippen LogP contribution in [0, 0.1) is 23.7 Å². The van der Waals surface area contributed by atoms with E-state index in [-0.39, 0.29) is 6.42 Å². The number of halogens is 3. The lowest BCUT2D eigenvalue weighted by molar-refractivity contribution is -0.0540. The van der Waals surface area contributed by atoms with E-state index in [1.807, 2.05) is 6.92 Å². The topological polar surface area (TPSA) is 43.4 Å². The highest BCUT2D eigenvalue weighted by molar-refractivity contribution is 7.87. The number of hydrogen-bond donors (Lipinski definition) is 0. The summed E-state index contributed by atoms with van der Waals surface area (Å²) in [4.78, 5) is 0. The van der Waals surface area contributed by atoms with Crippen molar-refractivity contribution in [2.75, 3.05) is 6.61 Å². The lowest BCUT2D eigenvalue weighted by Crippen LogP contribution is -2.25. The van der Waals surface area contributed by atoms with Crippen LogP contribution in [0.3, 0.4) is 0 Å². The summed E-state index contributed by atoms with van der Waals surface area (Å²) in [5, 5.41) is 0. The van der Waals surface area contributed by atoms with Gasteiger partial charge in [-0.3, -0.25) is 4.18 Å². The van der Waals surface area contributed by atoms with E-state index in [0.29, 0.717) is 6.42 Å². The number of alkyl halides is 3. The van der Waals surface area contributed by atoms with Gasteiger partial charge in [-0.05, 0) is 18.3 Å². The number of hydrogen-bond acceptors (Lipinski definition) is 3. The average Bonchev–Trinajstić information content (AvgIpc) is 2.20. The predicted molar refractivity (Wildman–Crippen MR) is 56.0 cm³/mol. The summed E-state index contributed by atoms with van der Waals surface area (Å²) in [5.74, 6) is 9.95. The summed E-state index contributed by atoms with van der Waals surface area (Å²) in [6.45, 7) is 1.31. The molecule has 96 valence electrons. The van der Waals surface area contributed by atoms with Crippen molar-refractivity contribution in [3.8, 4) is 23.7 Å². The van der Waals surface area contributed by atoms with Crippen molar-refractivity contribution in [2.24, 2.45) is 0 Å². The van der Waals surface area contributed by atoms with Crippen molar-refractivity contribution < 1.29 is 25.8 Å². The Kier molecular flexibility index (Phi) is 6.71. The van der Waals surface area contributed by atoms with Gasteiger partial charge in [0.15, 0.2) is 0 Å². The Hall–Kier alpha value is -1.18. The molecule has 0 radical (unpaired) electrons. The van der Waals surface area contributed by atoms with Crippen LogP contribution in [0.4, 0.5) is 13.2 Å². The maximum absolute atomic E-state index is 11.8. The second-order valence-corrected chi connectivity index (χ2v) is 4.43. The van der Waals surface area contributed by atoms with Gasteiger partial charge in [0.2, 0.25) is 0 Å². The van der Waals surface area contributed by atoms with Gasteiger partial charge in [-0.15, -0.1) is 0 Å². The van der Waals surface area contributed by atoms with Crippen LogP contribution in [0.2, 0.25) is 0 Å². The Morgan fingerprint density at radius 1 is 1.12 bits per heavy atom. The van der Waals surface area contributed by atoms with Crippen LogP contribution < -0.4 is 0 Å². The van der Waals surface area contributed by atoms with Gasteiger partial charge < -0.3 is 0 Å². The van der Waals surface area contributed by atoms with E-state index in [4.69, 9.17) is 0 Å². The summed E-state index contributed by atoms with van der Waals surface area (Å²) in [6.07, 6.45) is 1.45. The van der Waals surface area contributed by atoms with E-state index < -0.39 is 22.2 Å². The van der Waals surface area contributed by atoms with E-state index in [1.165, 1.54) is 0 Å². The van der Waals surface area contributed by atoms with Gasteiger partial charge in [-0.25, -0.2) is 0 Å². The molecular formula is C10H11F3O3S. The molecule has 0 saturated heterocycles. The zero-order valence-corrected chi connectivity index (χ0v) is 9.91. The zero-order valence-electron chi connectivity index (χ0n) is 9.10. The molecule has 0 aliphatic rings. The molecule has 3 nitrogen and oxygen atoms in total. The molecule has 0 aromatic carbocycles. The molecule has 0 N–H and O–H groups in total. The maximum atomic E-state index is 11.8. The number of unbranched alkanes of at least 4 members (excludes halogenated alkanes) is 1. The van der Waals surface area contributed by atoms with Crippen molar-refractivity contribution in [2.45, 2.75) is 31.7 Å². The van der Waals surface area contributed by atoms with Crippen LogP contribution in [-0.2, 0) is 14.3 Å². The molecule has 0 aliphatic carbocycles. The fraction of sp³-hybridized carbons (Fsp3) is 0.600. The van der Waals surface area contributed by atoms with Gasteiger partial charge >= 0.3 is 15.6 Å². The Morgan fingerprint density at radius 2 is 1.65 bits per heavy atom. The lowest BCUT2D eigenvalue weighted by Gasteiger charge is -2.06. The van der Waals surface area contributed by atoms with Gasteiger partial charge in [0, 0.05) is 12.8 Å².